The van der Waals surface area contributed by atoms with Gasteiger partial charge < -0.3 is 15.5 Å². The molecule has 4 nitrogen and oxygen atoms in total. The van der Waals surface area contributed by atoms with E-state index in [1.165, 1.54) is 0 Å². The molecule has 0 heterocycles. The fraction of sp³-hybridized carbons (Fsp3) is 0.588. The molecule has 0 radical (unpaired) electrons. The highest BCUT2D eigenvalue weighted by atomic mass is 127. The Labute approximate surface area is 169 Å². The van der Waals surface area contributed by atoms with Crippen molar-refractivity contribution in [3.8, 4) is 0 Å². The van der Waals surface area contributed by atoms with Crippen molar-refractivity contribution in [1.29, 1.82) is 0 Å². The van der Waals surface area contributed by atoms with Crippen molar-refractivity contribution in [2.24, 2.45) is 4.99 Å². The minimum absolute atomic E-state index is 0. The fourth-order valence-electron chi connectivity index (χ4n) is 2.07. The van der Waals surface area contributed by atoms with Crippen LogP contribution in [0.15, 0.2) is 23.2 Å². The van der Waals surface area contributed by atoms with Crippen LogP contribution in [0.3, 0.4) is 0 Å². The van der Waals surface area contributed by atoms with Crippen LogP contribution < -0.4 is 10.6 Å². The minimum atomic E-state index is -4.61. The maximum atomic E-state index is 13.1. The second-order valence-electron chi connectivity index (χ2n) is 6.00. The van der Waals surface area contributed by atoms with Gasteiger partial charge in [-0.1, -0.05) is 6.07 Å². The largest absolute Gasteiger partial charge is 0.416 e. The van der Waals surface area contributed by atoms with Crippen LogP contribution >= 0.6 is 24.0 Å². The zero-order chi connectivity index (χ0) is 19.0. The van der Waals surface area contributed by atoms with E-state index in [2.05, 4.69) is 34.4 Å². The molecule has 0 saturated heterocycles. The molecule has 0 saturated carbocycles. The first-order chi connectivity index (χ1) is 11.6. The number of alkyl halides is 3. The Morgan fingerprint density at radius 1 is 1.23 bits per heavy atom. The predicted molar refractivity (Wildman–Crippen MR) is 107 cm³/mol. The molecule has 0 bridgehead atoms. The third kappa shape index (κ3) is 8.52. The number of nitrogens with one attached hydrogen (secondary N) is 2. The second kappa shape index (κ2) is 11.6. The third-order valence-corrected chi connectivity index (χ3v) is 3.77. The number of halogens is 5. The molecular weight excluding hydrogens is 463 g/mol. The van der Waals surface area contributed by atoms with Gasteiger partial charge in [0.15, 0.2) is 5.96 Å². The first kappa shape index (κ1) is 24.9. The lowest BCUT2D eigenvalue weighted by Gasteiger charge is -2.21. The molecule has 0 aliphatic carbocycles. The van der Waals surface area contributed by atoms with Crippen molar-refractivity contribution in [1.82, 2.24) is 15.5 Å². The average Bonchev–Trinajstić information content (AvgIpc) is 2.52. The summed E-state index contributed by atoms with van der Waals surface area (Å²) in [6.07, 6.45) is -4.61. The number of hydrogen-bond acceptors (Lipinski definition) is 2. The van der Waals surface area contributed by atoms with Gasteiger partial charge in [0.25, 0.3) is 0 Å². The lowest BCUT2D eigenvalue weighted by Crippen LogP contribution is -2.42. The van der Waals surface area contributed by atoms with Crippen LogP contribution in [0.1, 0.15) is 31.9 Å². The molecule has 1 aromatic carbocycles. The molecule has 0 amide bonds. The van der Waals surface area contributed by atoms with Gasteiger partial charge in [0, 0.05) is 25.7 Å². The predicted octanol–water partition coefficient (Wildman–Crippen LogP) is 3.86. The molecule has 0 spiro atoms. The van der Waals surface area contributed by atoms with E-state index in [9.17, 15) is 17.6 Å². The van der Waals surface area contributed by atoms with Crippen molar-refractivity contribution in [2.45, 2.75) is 39.5 Å². The number of rotatable bonds is 7. The molecule has 0 aliphatic rings. The smallest absolute Gasteiger partial charge is 0.357 e. The van der Waals surface area contributed by atoms with E-state index in [-0.39, 0.29) is 36.1 Å². The van der Waals surface area contributed by atoms with Crippen LogP contribution in [0.25, 0.3) is 0 Å². The number of hydrogen-bond donors (Lipinski definition) is 2. The Morgan fingerprint density at radius 2 is 1.88 bits per heavy atom. The standard InChI is InChI=1S/C17H26F4N4.HI/c1-5-22-16(23-8-9-25(4)12(2)3)24-11-13-6-7-14(18)10-15(13)17(19,20)21;/h6-7,10,12H,5,8-9,11H2,1-4H3,(H2,22,23,24);1H. The Kier molecular flexibility index (Phi) is 11.1. The van der Waals surface area contributed by atoms with Crippen molar-refractivity contribution in [2.75, 3.05) is 26.7 Å². The maximum absolute atomic E-state index is 13.1. The summed E-state index contributed by atoms with van der Waals surface area (Å²) < 4.78 is 52.2. The van der Waals surface area contributed by atoms with Gasteiger partial charge in [0.2, 0.25) is 0 Å². The van der Waals surface area contributed by atoms with Crippen molar-refractivity contribution < 1.29 is 17.6 Å². The summed E-state index contributed by atoms with van der Waals surface area (Å²) in [5, 5.41) is 6.08. The zero-order valence-corrected chi connectivity index (χ0v) is 17.8. The first-order valence-electron chi connectivity index (χ1n) is 8.23. The van der Waals surface area contributed by atoms with Gasteiger partial charge in [0.05, 0.1) is 12.1 Å². The molecular formula is C17H27F4IN4. The van der Waals surface area contributed by atoms with Crippen LogP contribution in [0.4, 0.5) is 17.6 Å². The molecule has 1 rings (SSSR count). The van der Waals surface area contributed by atoms with Crippen LogP contribution in [0, 0.1) is 5.82 Å². The normalized spacial score (nSPS) is 12.3. The first-order valence-corrected chi connectivity index (χ1v) is 8.23. The van der Waals surface area contributed by atoms with Crippen LogP contribution in [0.2, 0.25) is 0 Å². The lowest BCUT2D eigenvalue weighted by atomic mass is 10.1. The highest BCUT2D eigenvalue weighted by Crippen LogP contribution is 2.32. The number of aliphatic imine (C=N–C) groups is 1. The Balaban J connectivity index is 0.00000625. The number of nitrogens with zero attached hydrogens (tertiary/aromatic N) is 2. The molecule has 0 aliphatic heterocycles. The van der Waals surface area contributed by atoms with Gasteiger partial charge in [-0.25, -0.2) is 9.38 Å². The number of guanidine groups is 1. The van der Waals surface area contributed by atoms with E-state index in [1.807, 2.05) is 14.0 Å². The van der Waals surface area contributed by atoms with E-state index in [0.717, 1.165) is 18.7 Å². The molecule has 0 aromatic heterocycles. The summed E-state index contributed by atoms with van der Waals surface area (Å²) in [5.74, 6) is -0.487. The summed E-state index contributed by atoms with van der Waals surface area (Å²) in [6.45, 7) is 7.80. The quantitative estimate of drug-likeness (QED) is 0.264. The molecule has 150 valence electrons. The lowest BCUT2D eigenvalue weighted by molar-refractivity contribution is -0.138. The Morgan fingerprint density at radius 3 is 2.42 bits per heavy atom. The maximum Gasteiger partial charge on any atom is 0.416 e. The Bertz CT molecular complexity index is 576. The highest BCUT2D eigenvalue weighted by Gasteiger charge is 2.33. The highest BCUT2D eigenvalue weighted by molar-refractivity contribution is 14.0. The van der Waals surface area contributed by atoms with Crippen LogP contribution in [0.5, 0.6) is 0 Å². The summed E-state index contributed by atoms with van der Waals surface area (Å²) in [5.41, 5.74) is -1.06. The van der Waals surface area contributed by atoms with Gasteiger partial charge in [-0.3, -0.25) is 0 Å². The average molecular weight is 490 g/mol. The number of benzene rings is 1. The molecule has 26 heavy (non-hydrogen) atoms. The fourth-order valence-corrected chi connectivity index (χ4v) is 2.07. The second-order valence-corrected chi connectivity index (χ2v) is 6.00. The van der Waals surface area contributed by atoms with Gasteiger partial charge in [0.1, 0.15) is 5.82 Å². The van der Waals surface area contributed by atoms with E-state index >= 15 is 0 Å². The summed E-state index contributed by atoms with van der Waals surface area (Å²) >= 11 is 0. The summed E-state index contributed by atoms with van der Waals surface area (Å²) in [6, 6.07) is 3.04. The van der Waals surface area contributed by atoms with E-state index in [4.69, 9.17) is 0 Å². The molecule has 1 aromatic rings. The van der Waals surface area contributed by atoms with E-state index < -0.39 is 17.6 Å². The zero-order valence-electron chi connectivity index (χ0n) is 15.5. The Hall–Kier alpha value is -1.10. The topological polar surface area (TPSA) is 39.7 Å². The van der Waals surface area contributed by atoms with E-state index in [0.29, 0.717) is 31.2 Å². The van der Waals surface area contributed by atoms with Crippen LogP contribution in [-0.4, -0.2) is 43.6 Å². The van der Waals surface area contributed by atoms with Crippen molar-refractivity contribution in [3.63, 3.8) is 0 Å². The van der Waals surface area contributed by atoms with E-state index in [1.54, 1.807) is 0 Å². The SMILES string of the molecule is CCNC(=NCc1ccc(F)cc1C(F)(F)F)NCCN(C)C(C)C.I. The van der Waals surface area contributed by atoms with Gasteiger partial charge in [-0.15, -0.1) is 24.0 Å². The minimum Gasteiger partial charge on any atom is -0.357 e. The molecule has 0 atom stereocenters. The number of likely N-dealkylation sites (N-methyl/N-ethyl adjacent to an activating group) is 1. The molecule has 2 N–H and O–H groups in total. The summed E-state index contributed by atoms with van der Waals surface area (Å²) in [7, 11) is 1.99. The third-order valence-electron chi connectivity index (χ3n) is 3.77. The summed E-state index contributed by atoms with van der Waals surface area (Å²) in [4.78, 5) is 6.32. The molecule has 0 unspecified atom stereocenters. The van der Waals surface area contributed by atoms with Crippen molar-refractivity contribution in [3.05, 3.63) is 35.1 Å². The van der Waals surface area contributed by atoms with Gasteiger partial charge in [-0.2, -0.15) is 13.2 Å². The molecule has 9 heteroatoms. The van der Waals surface area contributed by atoms with Crippen molar-refractivity contribution >= 4 is 29.9 Å². The van der Waals surface area contributed by atoms with Crippen LogP contribution in [-0.2, 0) is 12.7 Å². The van der Waals surface area contributed by atoms with Gasteiger partial charge >= 0.3 is 6.18 Å². The van der Waals surface area contributed by atoms with Gasteiger partial charge in [-0.05, 0) is 45.5 Å². The molecule has 0 fully saturated rings. The monoisotopic (exact) mass is 490 g/mol.